The van der Waals surface area contributed by atoms with E-state index in [4.69, 9.17) is 14.5 Å². The van der Waals surface area contributed by atoms with E-state index >= 15 is 0 Å². The highest BCUT2D eigenvalue weighted by Gasteiger charge is 2.16. The Morgan fingerprint density at radius 3 is 3.07 bits per heavy atom. The molecule has 0 amide bonds. The predicted octanol–water partition coefficient (Wildman–Crippen LogP) is 2.28. The van der Waals surface area contributed by atoms with Gasteiger partial charge in [-0.15, -0.1) is 11.3 Å². The third-order valence-electron chi connectivity index (χ3n) is 5.03. The molecule has 1 aromatic heterocycles. The summed E-state index contributed by atoms with van der Waals surface area (Å²) >= 11 is 1.77. The van der Waals surface area contributed by atoms with Crippen molar-refractivity contribution in [1.82, 2.24) is 15.6 Å². The van der Waals surface area contributed by atoms with Gasteiger partial charge >= 0.3 is 0 Å². The largest absolute Gasteiger partial charge is 0.381 e. The van der Waals surface area contributed by atoms with Crippen LogP contribution in [0.2, 0.25) is 0 Å². The van der Waals surface area contributed by atoms with Crippen LogP contribution < -0.4 is 15.5 Å². The SMILES string of the molecule is CCNC(=NCCCOCC1CCOC1)NCCc1csc(N2CCCC2)n1. The Morgan fingerprint density at radius 2 is 2.29 bits per heavy atom. The van der Waals surface area contributed by atoms with Crippen LogP contribution >= 0.6 is 11.3 Å². The monoisotopic (exact) mass is 409 g/mol. The van der Waals surface area contributed by atoms with Gasteiger partial charge < -0.3 is 25.0 Å². The number of nitrogens with one attached hydrogen (secondary N) is 2. The molecule has 2 aliphatic rings. The smallest absolute Gasteiger partial charge is 0.191 e. The summed E-state index contributed by atoms with van der Waals surface area (Å²) in [6.07, 6.45) is 5.57. The average molecular weight is 410 g/mol. The van der Waals surface area contributed by atoms with Gasteiger partial charge in [-0.1, -0.05) is 0 Å². The molecule has 0 spiro atoms. The molecular weight excluding hydrogens is 374 g/mol. The minimum absolute atomic E-state index is 0.583. The fourth-order valence-corrected chi connectivity index (χ4v) is 4.35. The molecular formula is C20H35N5O2S. The predicted molar refractivity (Wildman–Crippen MR) is 116 cm³/mol. The van der Waals surface area contributed by atoms with Gasteiger partial charge in [0.2, 0.25) is 0 Å². The topological polar surface area (TPSA) is 71.0 Å². The molecule has 0 saturated carbocycles. The van der Waals surface area contributed by atoms with Gasteiger partial charge in [0.1, 0.15) is 0 Å². The van der Waals surface area contributed by atoms with Gasteiger partial charge in [0, 0.05) is 63.7 Å². The quantitative estimate of drug-likeness (QED) is 0.332. The zero-order valence-corrected chi connectivity index (χ0v) is 17.9. The van der Waals surface area contributed by atoms with Gasteiger partial charge in [-0.05, 0) is 32.6 Å². The third-order valence-corrected chi connectivity index (χ3v) is 5.98. The first-order valence-electron chi connectivity index (χ1n) is 10.7. The molecule has 3 heterocycles. The zero-order chi connectivity index (χ0) is 19.4. The van der Waals surface area contributed by atoms with Crippen LogP contribution in [0.5, 0.6) is 0 Å². The summed E-state index contributed by atoms with van der Waals surface area (Å²) in [4.78, 5) is 11.8. The van der Waals surface area contributed by atoms with Crippen molar-refractivity contribution in [3.63, 3.8) is 0 Å². The summed E-state index contributed by atoms with van der Waals surface area (Å²) in [5, 5.41) is 10.1. The van der Waals surface area contributed by atoms with Crippen molar-refractivity contribution in [2.45, 2.75) is 39.0 Å². The summed E-state index contributed by atoms with van der Waals surface area (Å²) in [6.45, 7) is 10.2. The summed E-state index contributed by atoms with van der Waals surface area (Å²) in [6, 6.07) is 0. The van der Waals surface area contributed by atoms with E-state index in [0.717, 1.165) is 84.4 Å². The van der Waals surface area contributed by atoms with Gasteiger partial charge in [-0.3, -0.25) is 4.99 Å². The molecule has 2 fully saturated rings. The number of nitrogens with zero attached hydrogens (tertiary/aromatic N) is 3. The standard InChI is InChI=1S/C20H35N5O2S/c1-2-21-19(22-8-5-12-26-14-17-7-13-27-15-17)23-9-6-18-16-28-20(24-18)25-10-3-4-11-25/h16-17H,2-15H2,1H3,(H2,21,22,23). The lowest BCUT2D eigenvalue weighted by Crippen LogP contribution is -2.38. The lowest BCUT2D eigenvalue weighted by Gasteiger charge is -2.12. The van der Waals surface area contributed by atoms with E-state index in [1.807, 2.05) is 0 Å². The normalized spacial score (nSPS) is 20.1. The second-order valence-corrected chi connectivity index (χ2v) is 8.25. The van der Waals surface area contributed by atoms with E-state index in [1.165, 1.54) is 23.7 Å². The number of rotatable bonds is 11. The second-order valence-electron chi connectivity index (χ2n) is 7.41. The molecule has 1 unspecified atom stereocenters. The molecule has 28 heavy (non-hydrogen) atoms. The number of aliphatic imine (C=N–C) groups is 1. The van der Waals surface area contributed by atoms with Crippen molar-refractivity contribution in [2.75, 3.05) is 64.1 Å². The molecule has 0 aliphatic carbocycles. The number of anilines is 1. The third kappa shape index (κ3) is 7.22. The summed E-state index contributed by atoms with van der Waals surface area (Å²) in [7, 11) is 0. The molecule has 158 valence electrons. The van der Waals surface area contributed by atoms with Crippen LogP contribution in [0, 0.1) is 5.92 Å². The van der Waals surface area contributed by atoms with Gasteiger partial charge in [-0.2, -0.15) is 0 Å². The van der Waals surface area contributed by atoms with E-state index in [2.05, 4.69) is 32.8 Å². The number of hydrogen-bond acceptors (Lipinski definition) is 6. The molecule has 8 heteroatoms. The highest BCUT2D eigenvalue weighted by Crippen LogP contribution is 2.24. The first kappa shape index (κ1) is 21.3. The molecule has 2 N–H and O–H groups in total. The van der Waals surface area contributed by atoms with Crippen molar-refractivity contribution in [3.05, 3.63) is 11.1 Å². The fraction of sp³-hybridized carbons (Fsp3) is 0.800. The van der Waals surface area contributed by atoms with Crippen LogP contribution in [0.3, 0.4) is 0 Å². The van der Waals surface area contributed by atoms with Gasteiger partial charge in [0.05, 0.1) is 18.9 Å². The van der Waals surface area contributed by atoms with Crippen LogP contribution in [0.4, 0.5) is 5.13 Å². The van der Waals surface area contributed by atoms with Gasteiger partial charge in [0.25, 0.3) is 0 Å². The average Bonchev–Trinajstić information content (AvgIpc) is 3.47. The maximum Gasteiger partial charge on any atom is 0.191 e. The molecule has 7 nitrogen and oxygen atoms in total. The van der Waals surface area contributed by atoms with Crippen LogP contribution in [0.15, 0.2) is 10.4 Å². The molecule has 2 saturated heterocycles. The van der Waals surface area contributed by atoms with Crippen molar-refractivity contribution < 1.29 is 9.47 Å². The summed E-state index contributed by atoms with van der Waals surface area (Å²) in [5.74, 6) is 1.46. The fourth-order valence-electron chi connectivity index (χ4n) is 3.44. The second kappa shape index (κ2) is 12.2. The molecule has 3 rings (SSSR count). The lowest BCUT2D eigenvalue weighted by atomic mass is 10.1. The first-order valence-corrected chi connectivity index (χ1v) is 11.6. The number of hydrogen-bond donors (Lipinski definition) is 2. The Morgan fingerprint density at radius 1 is 1.39 bits per heavy atom. The minimum atomic E-state index is 0.583. The van der Waals surface area contributed by atoms with Crippen molar-refractivity contribution >= 4 is 22.4 Å². The lowest BCUT2D eigenvalue weighted by molar-refractivity contribution is 0.0893. The Bertz CT molecular complexity index is 583. The number of ether oxygens (including phenoxy) is 2. The van der Waals surface area contributed by atoms with E-state index < -0.39 is 0 Å². The van der Waals surface area contributed by atoms with Crippen LogP contribution in [0.25, 0.3) is 0 Å². The van der Waals surface area contributed by atoms with E-state index in [1.54, 1.807) is 11.3 Å². The van der Waals surface area contributed by atoms with Crippen LogP contribution in [-0.2, 0) is 15.9 Å². The Balaban J connectivity index is 1.30. The van der Waals surface area contributed by atoms with Crippen molar-refractivity contribution in [3.8, 4) is 0 Å². The van der Waals surface area contributed by atoms with Gasteiger partial charge in [-0.25, -0.2) is 4.98 Å². The minimum Gasteiger partial charge on any atom is -0.381 e. The Hall–Kier alpha value is -1.38. The van der Waals surface area contributed by atoms with E-state index in [9.17, 15) is 0 Å². The summed E-state index contributed by atoms with van der Waals surface area (Å²) < 4.78 is 11.1. The van der Waals surface area contributed by atoms with Crippen LogP contribution in [0.1, 0.15) is 38.3 Å². The maximum absolute atomic E-state index is 5.74. The summed E-state index contributed by atoms with van der Waals surface area (Å²) in [5.41, 5.74) is 1.17. The Labute approximate surface area is 172 Å². The molecule has 1 atom stereocenters. The van der Waals surface area contributed by atoms with E-state index in [0.29, 0.717) is 5.92 Å². The first-order chi connectivity index (χ1) is 13.8. The molecule has 0 radical (unpaired) electrons. The number of thiazole rings is 1. The molecule has 2 aliphatic heterocycles. The number of guanidine groups is 1. The van der Waals surface area contributed by atoms with Gasteiger partial charge in [0.15, 0.2) is 11.1 Å². The van der Waals surface area contributed by atoms with Crippen molar-refractivity contribution in [1.29, 1.82) is 0 Å². The zero-order valence-electron chi connectivity index (χ0n) is 17.1. The Kier molecular flexibility index (Phi) is 9.32. The molecule has 0 bridgehead atoms. The molecule has 0 aromatic carbocycles. The maximum atomic E-state index is 5.74. The highest BCUT2D eigenvalue weighted by molar-refractivity contribution is 7.13. The molecule has 1 aromatic rings. The van der Waals surface area contributed by atoms with Crippen LogP contribution in [-0.4, -0.2) is 70.1 Å². The van der Waals surface area contributed by atoms with E-state index in [-0.39, 0.29) is 0 Å². The van der Waals surface area contributed by atoms with Crippen molar-refractivity contribution in [2.24, 2.45) is 10.9 Å². The highest BCUT2D eigenvalue weighted by atomic mass is 32.1. The number of aromatic nitrogens is 1.